The number of methoxy groups -OCH3 is 1. The van der Waals surface area contributed by atoms with Crippen LogP contribution in [0.15, 0.2) is 36.4 Å². The Morgan fingerprint density at radius 3 is 2.53 bits per heavy atom. The van der Waals surface area contributed by atoms with Crippen molar-refractivity contribution in [3.05, 3.63) is 58.9 Å². The van der Waals surface area contributed by atoms with Crippen molar-refractivity contribution < 1.29 is 13.9 Å². The number of ether oxygens (including phenoxy) is 2. The highest BCUT2D eigenvalue weighted by atomic mass is 19.1. The number of rotatable bonds is 4. The van der Waals surface area contributed by atoms with E-state index in [1.165, 1.54) is 6.07 Å². The third-order valence-corrected chi connectivity index (χ3v) is 2.97. The Labute approximate surface area is 112 Å². The van der Waals surface area contributed by atoms with Gasteiger partial charge in [-0.3, -0.25) is 0 Å². The Kier molecular flexibility index (Phi) is 4.05. The molecule has 0 atom stereocenters. The van der Waals surface area contributed by atoms with Gasteiger partial charge in [-0.05, 0) is 37.6 Å². The number of hydrogen-bond donors (Lipinski definition) is 0. The number of aryl methyl sites for hydroxylation is 2. The van der Waals surface area contributed by atoms with E-state index in [1.807, 2.05) is 25.1 Å². The van der Waals surface area contributed by atoms with Gasteiger partial charge in [-0.2, -0.15) is 0 Å². The van der Waals surface area contributed by atoms with E-state index in [2.05, 4.69) is 0 Å². The highest BCUT2D eigenvalue weighted by Crippen LogP contribution is 2.23. The molecule has 0 aliphatic heterocycles. The molecule has 0 saturated heterocycles. The Balaban J connectivity index is 2.13. The average Bonchev–Trinajstić information content (AvgIpc) is 2.40. The van der Waals surface area contributed by atoms with Crippen molar-refractivity contribution in [2.24, 2.45) is 0 Å². The fourth-order valence-corrected chi connectivity index (χ4v) is 1.84. The van der Waals surface area contributed by atoms with Crippen molar-refractivity contribution in [3.63, 3.8) is 0 Å². The number of halogens is 1. The summed E-state index contributed by atoms with van der Waals surface area (Å²) in [5.74, 6) is 1.04. The van der Waals surface area contributed by atoms with Crippen LogP contribution in [0.25, 0.3) is 0 Å². The van der Waals surface area contributed by atoms with Gasteiger partial charge in [-0.15, -0.1) is 0 Å². The maximum absolute atomic E-state index is 13.4. The first-order valence-electron chi connectivity index (χ1n) is 6.12. The molecule has 0 aliphatic rings. The van der Waals surface area contributed by atoms with E-state index in [1.54, 1.807) is 26.2 Å². The highest BCUT2D eigenvalue weighted by Gasteiger charge is 2.05. The average molecular weight is 260 g/mol. The summed E-state index contributed by atoms with van der Waals surface area (Å²) in [5.41, 5.74) is 2.69. The van der Waals surface area contributed by atoms with Crippen LogP contribution in [-0.2, 0) is 6.61 Å². The summed E-state index contributed by atoms with van der Waals surface area (Å²) in [7, 11) is 1.62. The molecule has 0 bridgehead atoms. The van der Waals surface area contributed by atoms with Gasteiger partial charge in [0, 0.05) is 11.6 Å². The summed E-state index contributed by atoms with van der Waals surface area (Å²) in [5, 5.41) is 0. The predicted molar refractivity (Wildman–Crippen MR) is 73.2 cm³/mol. The van der Waals surface area contributed by atoms with E-state index in [0.29, 0.717) is 17.9 Å². The van der Waals surface area contributed by atoms with Crippen LogP contribution >= 0.6 is 0 Å². The van der Waals surface area contributed by atoms with E-state index < -0.39 is 0 Å². The molecule has 0 fully saturated rings. The molecule has 19 heavy (non-hydrogen) atoms. The van der Waals surface area contributed by atoms with Crippen LogP contribution in [0.2, 0.25) is 0 Å². The van der Waals surface area contributed by atoms with Gasteiger partial charge in [0.15, 0.2) is 0 Å². The molecule has 2 aromatic rings. The van der Waals surface area contributed by atoms with Crippen molar-refractivity contribution in [3.8, 4) is 11.5 Å². The van der Waals surface area contributed by atoms with Gasteiger partial charge in [0.25, 0.3) is 0 Å². The van der Waals surface area contributed by atoms with Crippen LogP contribution in [0.4, 0.5) is 4.39 Å². The van der Waals surface area contributed by atoms with E-state index in [4.69, 9.17) is 9.47 Å². The fraction of sp³-hybridized carbons (Fsp3) is 0.250. The largest absolute Gasteiger partial charge is 0.496 e. The van der Waals surface area contributed by atoms with Crippen LogP contribution in [-0.4, -0.2) is 7.11 Å². The Morgan fingerprint density at radius 2 is 1.84 bits per heavy atom. The summed E-state index contributed by atoms with van der Waals surface area (Å²) in [4.78, 5) is 0. The smallest absolute Gasteiger partial charge is 0.129 e. The monoisotopic (exact) mass is 260 g/mol. The zero-order valence-electron chi connectivity index (χ0n) is 11.4. The molecule has 3 heteroatoms. The Hall–Kier alpha value is -2.03. The highest BCUT2D eigenvalue weighted by molar-refractivity contribution is 5.37. The fourth-order valence-electron chi connectivity index (χ4n) is 1.84. The molecule has 0 unspecified atom stereocenters. The first kappa shape index (κ1) is 13.4. The minimum absolute atomic E-state index is 0.256. The topological polar surface area (TPSA) is 18.5 Å². The van der Waals surface area contributed by atoms with Crippen LogP contribution < -0.4 is 9.47 Å². The van der Waals surface area contributed by atoms with Crippen molar-refractivity contribution in [2.45, 2.75) is 20.5 Å². The maximum Gasteiger partial charge on any atom is 0.129 e. The second-order valence-corrected chi connectivity index (χ2v) is 4.51. The normalized spacial score (nSPS) is 10.3. The van der Waals surface area contributed by atoms with Gasteiger partial charge in [0.05, 0.1) is 7.11 Å². The summed E-state index contributed by atoms with van der Waals surface area (Å²) in [6.07, 6.45) is 0. The molecule has 2 rings (SSSR count). The van der Waals surface area contributed by atoms with Crippen molar-refractivity contribution in [1.82, 2.24) is 0 Å². The van der Waals surface area contributed by atoms with Crippen LogP contribution in [0.5, 0.6) is 11.5 Å². The van der Waals surface area contributed by atoms with Gasteiger partial charge < -0.3 is 9.47 Å². The minimum Gasteiger partial charge on any atom is -0.496 e. The first-order valence-corrected chi connectivity index (χ1v) is 6.12. The third kappa shape index (κ3) is 3.25. The predicted octanol–water partition coefficient (Wildman–Crippen LogP) is 4.03. The lowest BCUT2D eigenvalue weighted by atomic mass is 10.1. The lowest BCUT2D eigenvalue weighted by molar-refractivity contribution is 0.295. The van der Waals surface area contributed by atoms with Crippen molar-refractivity contribution in [1.29, 1.82) is 0 Å². The van der Waals surface area contributed by atoms with Crippen molar-refractivity contribution in [2.75, 3.05) is 7.11 Å². The minimum atomic E-state index is -0.256. The van der Waals surface area contributed by atoms with E-state index in [0.717, 1.165) is 16.9 Å². The number of benzene rings is 2. The molecule has 2 aromatic carbocycles. The van der Waals surface area contributed by atoms with Gasteiger partial charge in [0.2, 0.25) is 0 Å². The molecule has 0 heterocycles. The Bertz CT molecular complexity index is 579. The molecule has 0 aromatic heterocycles. The molecule has 2 nitrogen and oxygen atoms in total. The molecule has 0 amide bonds. The molecule has 0 saturated carbocycles. The third-order valence-electron chi connectivity index (χ3n) is 2.97. The van der Waals surface area contributed by atoms with Gasteiger partial charge in [-0.1, -0.05) is 17.7 Å². The number of hydrogen-bond acceptors (Lipinski definition) is 2. The first-order chi connectivity index (χ1) is 9.10. The zero-order chi connectivity index (χ0) is 13.8. The van der Waals surface area contributed by atoms with Crippen molar-refractivity contribution >= 4 is 0 Å². The standard InChI is InChI=1S/C16H17FO2/c1-11-4-7-16(18-3)13(8-11)10-19-14-6-5-12(2)15(17)9-14/h4-9H,10H2,1-3H3. The van der Waals surface area contributed by atoms with Gasteiger partial charge in [0.1, 0.15) is 23.9 Å². The molecule has 100 valence electrons. The molecule has 0 radical (unpaired) electrons. The molecule has 0 aliphatic carbocycles. The summed E-state index contributed by atoms with van der Waals surface area (Å²) < 4.78 is 24.3. The summed E-state index contributed by atoms with van der Waals surface area (Å²) in [6.45, 7) is 4.09. The summed E-state index contributed by atoms with van der Waals surface area (Å²) in [6, 6.07) is 10.8. The van der Waals surface area contributed by atoms with Crippen LogP contribution in [0.1, 0.15) is 16.7 Å². The molecular formula is C16H17FO2. The zero-order valence-corrected chi connectivity index (χ0v) is 11.4. The molecule has 0 spiro atoms. The van der Waals surface area contributed by atoms with Gasteiger partial charge in [-0.25, -0.2) is 4.39 Å². The second kappa shape index (κ2) is 5.74. The SMILES string of the molecule is COc1ccc(C)cc1COc1ccc(C)c(F)c1. The lowest BCUT2D eigenvalue weighted by Gasteiger charge is -2.11. The van der Waals surface area contributed by atoms with E-state index in [-0.39, 0.29) is 5.82 Å². The van der Waals surface area contributed by atoms with E-state index >= 15 is 0 Å². The lowest BCUT2D eigenvalue weighted by Crippen LogP contribution is -1.99. The van der Waals surface area contributed by atoms with Crippen LogP contribution in [0.3, 0.4) is 0 Å². The molecular weight excluding hydrogens is 243 g/mol. The maximum atomic E-state index is 13.4. The second-order valence-electron chi connectivity index (χ2n) is 4.51. The van der Waals surface area contributed by atoms with E-state index in [9.17, 15) is 4.39 Å². The quantitative estimate of drug-likeness (QED) is 0.826. The molecule has 0 N–H and O–H groups in total. The van der Waals surface area contributed by atoms with Crippen LogP contribution in [0, 0.1) is 19.7 Å². The van der Waals surface area contributed by atoms with Gasteiger partial charge >= 0.3 is 0 Å². The Morgan fingerprint density at radius 1 is 1.05 bits per heavy atom. The summed E-state index contributed by atoms with van der Waals surface area (Å²) >= 11 is 0.